The highest BCUT2D eigenvalue weighted by atomic mass is 35.5. The fraction of sp³-hybridized carbons (Fsp3) is 0.263. The molecule has 7 heteroatoms. The Morgan fingerprint density at radius 2 is 2.00 bits per heavy atom. The SMILES string of the molecule is O=C(O)C1CC(=O)N(Cc2ccc(OCc3c(F)cccc3Cl)cc2)C1. The van der Waals surface area contributed by atoms with E-state index >= 15 is 0 Å². The highest BCUT2D eigenvalue weighted by molar-refractivity contribution is 6.31. The van der Waals surface area contributed by atoms with Gasteiger partial charge in [-0.2, -0.15) is 0 Å². The van der Waals surface area contributed by atoms with Gasteiger partial charge in [-0.3, -0.25) is 9.59 Å². The van der Waals surface area contributed by atoms with Crippen LogP contribution in [0.25, 0.3) is 0 Å². The zero-order valence-corrected chi connectivity index (χ0v) is 14.6. The molecule has 1 aliphatic rings. The number of carboxylic acids is 1. The van der Waals surface area contributed by atoms with Crippen molar-refractivity contribution in [2.45, 2.75) is 19.6 Å². The van der Waals surface area contributed by atoms with Gasteiger partial charge in [0.1, 0.15) is 18.2 Å². The molecule has 0 aliphatic carbocycles. The summed E-state index contributed by atoms with van der Waals surface area (Å²) < 4.78 is 19.3. The summed E-state index contributed by atoms with van der Waals surface area (Å²) in [6.07, 6.45) is 0.0416. The van der Waals surface area contributed by atoms with Crippen LogP contribution in [0.15, 0.2) is 42.5 Å². The zero-order chi connectivity index (χ0) is 18.7. The van der Waals surface area contributed by atoms with Gasteiger partial charge in [-0.15, -0.1) is 0 Å². The van der Waals surface area contributed by atoms with E-state index in [-0.39, 0.29) is 25.5 Å². The number of hydrogen-bond acceptors (Lipinski definition) is 3. The summed E-state index contributed by atoms with van der Waals surface area (Å²) in [7, 11) is 0. The van der Waals surface area contributed by atoms with Gasteiger partial charge in [0.05, 0.1) is 10.9 Å². The summed E-state index contributed by atoms with van der Waals surface area (Å²) in [4.78, 5) is 24.4. The summed E-state index contributed by atoms with van der Waals surface area (Å²) in [5.41, 5.74) is 1.15. The first-order valence-corrected chi connectivity index (χ1v) is 8.47. The number of hydrogen-bond donors (Lipinski definition) is 1. The second kappa shape index (κ2) is 7.74. The first-order chi connectivity index (χ1) is 12.4. The quantitative estimate of drug-likeness (QED) is 0.836. The van der Waals surface area contributed by atoms with Crippen LogP contribution in [0.5, 0.6) is 5.75 Å². The van der Waals surface area contributed by atoms with Crippen molar-refractivity contribution in [1.82, 2.24) is 4.90 Å². The maximum atomic E-state index is 13.7. The van der Waals surface area contributed by atoms with Crippen molar-refractivity contribution in [3.8, 4) is 5.75 Å². The van der Waals surface area contributed by atoms with Gasteiger partial charge in [0.25, 0.3) is 0 Å². The molecule has 26 heavy (non-hydrogen) atoms. The maximum Gasteiger partial charge on any atom is 0.308 e. The molecule has 2 aromatic carbocycles. The van der Waals surface area contributed by atoms with Gasteiger partial charge in [-0.1, -0.05) is 29.8 Å². The summed E-state index contributed by atoms with van der Waals surface area (Å²) in [6, 6.07) is 11.5. The molecule has 3 rings (SSSR count). The minimum absolute atomic E-state index is 0.00968. The lowest BCUT2D eigenvalue weighted by molar-refractivity contribution is -0.141. The molecule has 1 saturated heterocycles. The lowest BCUT2D eigenvalue weighted by atomic mass is 10.1. The number of carbonyl (C=O) groups is 2. The highest BCUT2D eigenvalue weighted by Gasteiger charge is 2.33. The Hall–Kier alpha value is -2.60. The Morgan fingerprint density at radius 1 is 1.27 bits per heavy atom. The molecule has 0 bridgehead atoms. The Balaban J connectivity index is 1.59. The number of ether oxygens (including phenoxy) is 1. The van der Waals surface area contributed by atoms with Crippen molar-refractivity contribution in [2.24, 2.45) is 5.92 Å². The Labute approximate surface area is 154 Å². The van der Waals surface area contributed by atoms with Crippen molar-refractivity contribution >= 4 is 23.5 Å². The molecule has 1 amide bonds. The Bertz CT molecular complexity index is 805. The third-order valence-electron chi connectivity index (χ3n) is 4.31. The van der Waals surface area contributed by atoms with Crippen molar-refractivity contribution < 1.29 is 23.8 Å². The fourth-order valence-corrected chi connectivity index (χ4v) is 3.05. The molecule has 1 aliphatic heterocycles. The van der Waals surface area contributed by atoms with Crippen molar-refractivity contribution in [2.75, 3.05) is 6.54 Å². The highest BCUT2D eigenvalue weighted by Crippen LogP contribution is 2.23. The minimum atomic E-state index is -0.948. The smallest absolute Gasteiger partial charge is 0.308 e. The number of nitrogens with zero attached hydrogens (tertiary/aromatic N) is 1. The molecular formula is C19H17ClFNO4. The molecule has 1 atom stereocenters. The van der Waals surface area contributed by atoms with Crippen LogP contribution in [-0.2, 0) is 22.7 Å². The predicted octanol–water partition coefficient (Wildman–Crippen LogP) is 3.49. The molecule has 1 heterocycles. The second-order valence-electron chi connectivity index (χ2n) is 6.15. The topological polar surface area (TPSA) is 66.8 Å². The average molecular weight is 378 g/mol. The van der Waals surface area contributed by atoms with E-state index < -0.39 is 17.7 Å². The molecule has 0 aromatic heterocycles. The number of rotatable bonds is 6. The number of aliphatic carboxylic acids is 1. The van der Waals surface area contributed by atoms with E-state index in [0.717, 1.165) is 5.56 Å². The zero-order valence-electron chi connectivity index (χ0n) is 13.8. The van der Waals surface area contributed by atoms with Crippen LogP contribution in [0, 0.1) is 11.7 Å². The van der Waals surface area contributed by atoms with Crippen LogP contribution in [0.3, 0.4) is 0 Å². The third-order valence-corrected chi connectivity index (χ3v) is 4.66. The van der Waals surface area contributed by atoms with Crippen molar-refractivity contribution in [3.05, 3.63) is 64.4 Å². The Morgan fingerprint density at radius 3 is 2.62 bits per heavy atom. The van der Waals surface area contributed by atoms with E-state index in [2.05, 4.69) is 0 Å². The van der Waals surface area contributed by atoms with Gasteiger partial charge >= 0.3 is 5.97 Å². The molecule has 0 spiro atoms. The van der Waals surface area contributed by atoms with Crippen molar-refractivity contribution in [3.63, 3.8) is 0 Å². The summed E-state index contributed by atoms with van der Waals surface area (Å²) in [5, 5.41) is 9.32. The van der Waals surface area contributed by atoms with E-state index in [1.807, 2.05) is 0 Å². The fourth-order valence-electron chi connectivity index (χ4n) is 2.83. The molecule has 1 unspecified atom stereocenters. The van der Waals surface area contributed by atoms with Crippen molar-refractivity contribution in [1.29, 1.82) is 0 Å². The van der Waals surface area contributed by atoms with E-state index in [1.54, 1.807) is 30.3 Å². The predicted molar refractivity (Wildman–Crippen MR) is 93.3 cm³/mol. The molecule has 1 fully saturated rings. The lowest BCUT2D eigenvalue weighted by Gasteiger charge is -2.16. The van der Waals surface area contributed by atoms with Gasteiger partial charge in [0, 0.05) is 25.1 Å². The van der Waals surface area contributed by atoms with E-state index in [4.69, 9.17) is 21.4 Å². The van der Waals surface area contributed by atoms with E-state index in [9.17, 15) is 14.0 Å². The van der Waals surface area contributed by atoms with Crippen LogP contribution >= 0.6 is 11.6 Å². The molecule has 1 N–H and O–H groups in total. The largest absolute Gasteiger partial charge is 0.489 e. The monoisotopic (exact) mass is 377 g/mol. The number of likely N-dealkylation sites (tertiary alicyclic amines) is 1. The molecule has 136 valence electrons. The molecule has 0 radical (unpaired) electrons. The number of benzene rings is 2. The van der Waals surface area contributed by atoms with Gasteiger partial charge in [0.15, 0.2) is 0 Å². The number of amides is 1. The molecular weight excluding hydrogens is 361 g/mol. The normalized spacial score (nSPS) is 16.8. The standard InChI is InChI=1S/C19H17ClFNO4/c20-16-2-1-3-17(21)15(16)11-26-14-6-4-12(5-7-14)9-22-10-13(19(24)25)8-18(22)23/h1-7,13H,8-11H2,(H,24,25). The number of carbonyl (C=O) groups excluding carboxylic acids is 1. The summed E-state index contributed by atoms with van der Waals surface area (Å²) in [6.45, 7) is 0.579. The first kappa shape index (κ1) is 18.2. The Kier molecular flexibility index (Phi) is 5.42. The van der Waals surface area contributed by atoms with E-state index in [1.165, 1.54) is 17.0 Å². The molecule has 2 aromatic rings. The average Bonchev–Trinajstić information content (AvgIpc) is 2.97. The number of carboxylic acid groups (broad SMARTS) is 1. The van der Waals surface area contributed by atoms with E-state index in [0.29, 0.717) is 22.9 Å². The number of halogens is 2. The van der Waals surface area contributed by atoms with Crippen LogP contribution in [-0.4, -0.2) is 28.4 Å². The van der Waals surface area contributed by atoms with Gasteiger partial charge < -0.3 is 14.7 Å². The van der Waals surface area contributed by atoms with Crippen LogP contribution < -0.4 is 4.74 Å². The van der Waals surface area contributed by atoms with Crippen LogP contribution in [0.4, 0.5) is 4.39 Å². The van der Waals surface area contributed by atoms with Gasteiger partial charge in [-0.25, -0.2) is 4.39 Å². The molecule has 5 nitrogen and oxygen atoms in total. The second-order valence-corrected chi connectivity index (χ2v) is 6.55. The summed E-state index contributed by atoms with van der Waals surface area (Å²) >= 11 is 5.96. The lowest BCUT2D eigenvalue weighted by Crippen LogP contribution is -2.25. The first-order valence-electron chi connectivity index (χ1n) is 8.09. The van der Waals surface area contributed by atoms with Gasteiger partial charge in [-0.05, 0) is 29.8 Å². The third kappa shape index (κ3) is 4.14. The minimum Gasteiger partial charge on any atom is -0.489 e. The summed E-state index contributed by atoms with van der Waals surface area (Å²) in [5.74, 6) is -1.63. The van der Waals surface area contributed by atoms with Gasteiger partial charge in [0.2, 0.25) is 5.91 Å². The molecule has 0 saturated carbocycles. The van der Waals surface area contributed by atoms with Crippen LogP contribution in [0.1, 0.15) is 17.5 Å². The van der Waals surface area contributed by atoms with Crippen LogP contribution in [0.2, 0.25) is 5.02 Å². The maximum absolute atomic E-state index is 13.7.